The van der Waals surface area contributed by atoms with Gasteiger partial charge in [-0.1, -0.05) is 0 Å². The van der Waals surface area contributed by atoms with Crippen LogP contribution >= 0.6 is 0 Å². The van der Waals surface area contributed by atoms with Gasteiger partial charge < -0.3 is 10.5 Å². The van der Waals surface area contributed by atoms with Crippen molar-refractivity contribution < 1.29 is 9.53 Å². The van der Waals surface area contributed by atoms with Crippen LogP contribution in [0.15, 0.2) is 24.5 Å². The van der Waals surface area contributed by atoms with E-state index in [-0.39, 0.29) is 0 Å². The van der Waals surface area contributed by atoms with E-state index in [2.05, 4.69) is 14.7 Å². The molecule has 0 fully saturated rings. The summed E-state index contributed by atoms with van der Waals surface area (Å²) in [7, 11) is 1.33. The zero-order valence-corrected chi connectivity index (χ0v) is 8.10. The van der Waals surface area contributed by atoms with Crippen molar-refractivity contribution in [2.45, 2.75) is 0 Å². The molecule has 76 valence electrons. The normalized spacial score (nSPS) is 10.2. The standard InChI is InChI=1S/C10H9N3O2/c1-15-10(14)7-4-6-2-3-12-9(11)8(6)13-5-7/h2-5H,1H3,(H2,11,12). The van der Waals surface area contributed by atoms with E-state index < -0.39 is 5.97 Å². The molecule has 0 aromatic carbocycles. The van der Waals surface area contributed by atoms with Crippen molar-refractivity contribution >= 4 is 22.7 Å². The summed E-state index contributed by atoms with van der Waals surface area (Å²) in [6, 6.07) is 3.41. The predicted molar refractivity (Wildman–Crippen MR) is 55.3 cm³/mol. The Morgan fingerprint density at radius 3 is 3.00 bits per heavy atom. The summed E-state index contributed by atoms with van der Waals surface area (Å²) in [4.78, 5) is 19.2. The highest BCUT2D eigenvalue weighted by Gasteiger charge is 2.08. The molecule has 0 amide bonds. The highest BCUT2D eigenvalue weighted by atomic mass is 16.5. The van der Waals surface area contributed by atoms with Crippen molar-refractivity contribution in [3.05, 3.63) is 30.1 Å². The Hall–Kier alpha value is -2.17. The molecule has 0 aliphatic heterocycles. The van der Waals surface area contributed by atoms with Crippen LogP contribution in [0.25, 0.3) is 10.9 Å². The van der Waals surface area contributed by atoms with Crippen LogP contribution in [0, 0.1) is 0 Å². The fraction of sp³-hybridized carbons (Fsp3) is 0.100. The lowest BCUT2D eigenvalue weighted by molar-refractivity contribution is 0.0600. The number of hydrogen-bond acceptors (Lipinski definition) is 5. The quantitative estimate of drug-likeness (QED) is 0.699. The minimum Gasteiger partial charge on any atom is -0.465 e. The number of nitrogen functional groups attached to an aromatic ring is 1. The molecular formula is C10H9N3O2. The van der Waals surface area contributed by atoms with Crippen molar-refractivity contribution in [2.75, 3.05) is 12.8 Å². The fourth-order valence-electron chi connectivity index (χ4n) is 1.31. The number of pyridine rings is 2. The van der Waals surface area contributed by atoms with Crippen LogP contribution in [0.2, 0.25) is 0 Å². The Balaban J connectivity index is 2.62. The number of carbonyl (C=O) groups excluding carboxylic acids is 1. The SMILES string of the molecule is COC(=O)c1cnc2c(N)nccc2c1. The molecule has 0 spiro atoms. The number of fused-ring (bicyclic) bond motifs is 1. The first-order valence-electron chi connectivity index (χ1n) is 4.31. The van der Waals surface area contributed by atoms with Gasteiger partial charge in [0.15, 0.2) is 0 Å². The molecule has 2 aromatic heterocycles. The summed E-state index contributed by atoms with van der Waals surface area (Å²) in [5.41, 5.74) is 6.61. The summed E-state index contributed by atoms with van der Waals surface area (Å²) < 4.78 is 4.59. The number of ether oxygens (including phenoxy) is 1. The third-order valence-electron chi connectivity index (χ3n) is 2.05. The minimum absolute atomic E-state index is 0.351. The molecule has 0 saturated heterocycles. The predicted octanol–water partition coefficient (Wildman–Crippen LogP) is 0.999. The highest BCUT2D eigenvalue weighted by Crippen LogP contribution is 2.17. The number of rotatable bonds is 1. The van der Waals surface area contributed by atoms with Crippen LogP contribution in [0.1, 0.15) is 10.4 Å². The Morgan fingerprint density at radius 2 is 2.27 bits per heavy atom. The molecule has 15 heavy (non-hydrogen) atoms. The van der Waals surface area contributed by atoms with Crippen molar-refractivity contribution in [1.29, 1.82) is 0 Å². The molecule has 2 heterocycles. The third-order valence-corrected chi connectivity index (χ3v) is 2.05. The molecule has 5 heteroatoms. The molecule has 0 atom stereocenters. The molecule has 5 nitrogen and oxygen atoms in total. The maximum absolute atomic E-state index is 11.2. The summed E-state index contributed by atoms with van der Waals surface area (Å²) in [6.45, 7) is 0. The van der Waals surface area contributed by atoms with Crippen LogP contribution in [0.3, 0.4) is 0 Å². The van der Waals surface area contributed by atoms with Crippen LogP contribution < -0.4 is 5.73 Å². The molecule has 2 rings (SSSR count). The molecule has 0 saturated carbocycles. The van der Waals surface area contributed by atoms with E-state index in [9.17, 15) is 4.79 Å². The zero-order chi connectivity index (χ0) is 10.8. The van der Waals surface area contributed by atoms with Gasteiger partial charge in [0.2, 0.25) is 0 Å². The number of nitrogens with two attached hydrogens (primary N) is 1. The molecule has 0 unspecified atom stereocenters. The Labute approximate surface area is 85.9 Å². The van der Waals surface area contributed by atoms with E-state index in [4.69, 9.17) is 5.73 Å². The van der Waals surface area contributed by atoms with Gasteiger partial charge in [0.05, 0.1) is 12.7 Å². The first-order valence-corrected chi connectivity index (χ1v) is 4.31. The Morgan fingerprint density at radius 1 is 1.47 bits per heavy atom. The van der Waals surface area contributed by atoms with Crippen molar-refractivity contribution in [2.24, 2.45) is 0 Å². The van der Waals surface area contributed by atoms with Gasteiger partial charge in [0.1, 0.15) is 11.3 Å². The van der Waals surface area contributed by atoms with Gasteiger partial charge in [-0.2, -0.15) is 0 Å². The van der Waals surface area contributed by atoms with Gasteiger partial charge in [0.25, 0.3) is 0 Å². The average molecular weight is 203 g/mol. The molecule has 2 N–H and O–H groups in total. The fourth-order valence-corrected chi connectivity index (χ4v) is 1.31. The van der Waals surface area contributed by atoms with Gasteiger partial charge in [0, 0.05) is 17.8 Å². The molecule has 0 radical (unpaired) electrons. The summed E-state index contributed by atoms with van der Waals surface area (Å²) in [5, 5.41) is 0.769. The van der Waals surface area contributed by atoms with Crippen LogP contribution in [0.4, 0.5) is 5.82 Å². The van der Waals surface area contributed by atoms with Gasteiger partial charge >= 0.3 is 5.97 Å². The second kappa shape index (κ2) is 3.53. The summed E-state index contributed by atoms with van der Waals surface area (Å²) in [6.07, 6.45) is 2.99. The van der Waals surface area contributed by atoms with Gasteiger partial charge in [-0.3, -0.25) is 4.98 Å². The lowest BCUT2D eigenvalue weighted by Gasteiger charge is -2.02. The van der Waals surface area contributed by atoms with Gasteiger partial charge in [-0.15, -0.1) is 0 Å². The number of aromatic nitrogens is 2. The smallest absolute Gasteiger partial charge is 0.339 e. The van der Waals surface area contributed by atoms with Gasteiger partial charge in [-0.05, 0) is 12.1 Å². The first kappa shape index (κ1) is 9.39. The second-order valence-corrected chi connectivity index (χ2v) is 2.98. The summed E-state index contributed by atoms with van der Waals surface area (Å²) in [5.74, 6) is -0.0660. The maximum Gasteiger partial charge on any atom is 0.339 e. The summed E-state index contributed by atoms with van der Waals surface area (Å²) >= 11 is 0. The average Bonchev–Trinajstić information content (AvgIpc) is 2.28. The molecule has 0 aliphatic rings. The largest absolute Gasteiger partial charge is 0.465 e. The van der Waals surface area contributed by atoms with Crippen LogP contribution in [0.5, 0.6) is 0 Å². The molecule has 0 aliphatic carbocycles. The van der Waals surface area contributed by atoms with Crippen molar-refractivity contribution in [3.63, 3.8) is 0 Å². The Bertz CT molecular complexity index is 525. The van der Waals surface area contributed by atoms with E-state index in [0.717, 1.165) is 5.39 Å². The molecule has 0 bridgehead atoms. The van der Waals surface area contributed by atoms with Crippen LogP contribution in [-0.4, -0.2) is 23.0 Å². The number of carbonyl (C=O) groups is 1. The lowest BCUT2D eigenvalue weighted by Crippen LogP contribution is -2.02. The second-order valence-electron chi connectivity index (χ2n) is 2.98. The maximum atomic E-state index is 11.2. The van der Waals surface area contributed by atoms with E-state index in [1.54, 1.807) is 18.3 Å². The number of anilines is 1. The van der Waals surface area contributed by atoms with E-state index in [0.29, 0.717) is 16.9 Å². The molecule has 2 aromatic rings. The monoisotopic (exact) mass is 203 g/mol. The Kier molecular flexibility index (Phi) is 2.21. The number of hydrogen-bond donors (Lipinski definition) is 1. The number of nitrogens with zero attached hydrogens (tertiary/aromatic N) is 2. The minimum atomic E-state index is -0.417. The van der Waals surface area contributed by atoms with Crippen molar-refractivity contribution in [1.82, 2.24) is 9.97 Å². The topological polar surface area (TPSA) is 78.1 Å². The molecular weight excluding hydrogens is 194 g/mol. The van der Waals surface area contributed by atoms with Crippen molar-refractivity contribution in [3.8, 4) is 0 Å². The number of esters is 1. The third kappa shape index (κ3) is 1.59. The van der Waals surface area contributed by atoms with E-state index in [1.807, 2.05) is 0 Å². The number of methoxy groups -OCH3 is 1. The van der Waals surface area contributed by atoms with Gasteiger partial charge in [-0.25, -0.2) is 9.78 Å². The zero-order valence-electron chi connectivity index (χ0n) is 8.10. The van der Waals surface area contributed by atoms with Crippen LogP contribution in [-0.2, 0) is 4.74 Å². The highest BCUT2D eigenvalue weighted by molar-refractivity contribution is 5.95. The van der Waals surface area contributed by atoms with E-state index in [1.165, 1.54) is 13.3 Å². The first-order chi connectivity index (χ1) is 7.22. The lowest BCUT2D eigenvalue weighted by atomic mass is 10.2. The van der Waals surface area contributed by atoms with E-state index >= 15 is 0 Å².